The molecule has 78 valence electrons. The van der Waals surface area contributed by atoms with Gasteiger partial charge in [0.1, 0.15) is 0 Å². The van der Waals surface area contributed by atoms with Gasteiger partial charge < -0.3 is 10.8 Å². The number of aliphatic hydroxyl groups is 1. The first kappa shape index (κ1) is 12.0. The highest BCUT2D eigenvalue weighted by molar-refractivity contribution is 9.10. The lowest BCUT2D eigenvalue weighted by atomic mass is 10.2. The molecule has 14 heavy (non-hydrogen) atoms. The first-order valence-corrected chi connectivity index (χ1v) is 6.10. The van der Waals surface area contributed by atoms with Gasteiger partial charge in [-0.1, -0.05) is 22.9 Å². The molecule has 0 heterocycles. The molecule has 0 saturated heterocycles. The van der Waals surface area contributed by atoms with Crippen molar-refractivity contribution >= 4 is 27.7 Å². The monoisotopic (exact) mass is 275 g/mol. The Morgan fingerprint density at radius 1 is 1.57 bits per heavy atom. The van der Waals surface area contributed by atoms with E-state index >= 15 is 0 Å². The maximum absolute atomic E-state index is 8.95. The minimum absolute atomic E-state index is 0.185. The molecule has 0 aliphatic heterocycles. The van der Waals surface area contributed by atoms with Crippen LogP contribution in [0.25, 0.3) is 0 Å². The van der Waals surface area contributed by atoms with Gasteiger partial charge in [0.15, 0.2) is 0 Å². The lowest BCUT2D eigenvalue weighted by Gasteiger charge is -2.11. The van der Waals surface area contributed by atoms with Crippen LogP contribution in [-0.2, 0) is 6.54 Å². The molecule has 0 aliphatic carbocycles. The summed E-state index contributed by atoms with van der Waals surface area (Å²) in [6.07, 6.45) is 0. The lowest BCUT2D eigenvalue weighted by molar-refractivity contribution is 0.300. The molecule has 1 rings (SSSR count). The third-order valence-electron chi connectivity index (χ3n) is 1.83. The number of hydrogen-bond donors (Lipinski definition) is 2. The van der Waals surface area contributed by atoms with E-state index in [0.29, 0.717) is 6.54 Å². The molecule has 1 aromatic rings. The number of nitrogens with two attached hydrogens (primary N) is 1. The highest BCUT2D eigenvalue weighted by atomic mass is 79.9. The van der Waals surface area contributed by atoms with Gasteiger partial charge in [0.25, 0.3) is 0 Å². The minimum atomic E-state index is 0.185. The summed E-state index contributed by atoms with van der Waals surface area (Å²) >= 11 is 5.06. The smallest absolute Gasteiger partial charge is 0.0550 e. The van der Waals surface area contributed by atoms with Crippen LogP contribution in [0.15, 0.2) is 27.6 Å². The Bertz CT molecular complexity index is 306. The van der Waals surface area contributed by atoms with Crippen molar-refractivity contribution in [3.8, 4) is 0 Å². The lowest BCUT2D eigenvalue weighted by Crippen LogP contribution is -2.04. The van der Waals surface area contributed by atoms with Crippen molar-refractivity contribution in [3.63, 3.8) is 0 Å². The third kappa shape index (κ3) is 3.28. The maximum Gasteiger partial charge on any atom is 0.0550 e. The van der Waals surface area contributed by atoms with Crippen molar-refractivity contribution in [1.82, 2.24) is 0 Å². The molecular formula is C10H14BrNOS. The van der Waals surface area contributed by atoms with E-state index in [0.717, 1.165) is 14.9 Å². The Morgan fingerprint density at radius 3 is 2.86 bits per heavy atom. The molecule has 0 fully saturated rings. The summed E-state index contributed by atoms with van der Waals surface area (Å²) < 4.78 is 1.04. The third-order valence-corrected chi connectivity index (χ3v) is 3.52. The zero-order valence-electron chi connectivity index (χ0n) is 8.03. The summed E-state index contributed by atoms with van der Waals surface area (Å²) in [5, 5.41) is 9.16. The van der Waals surface area contributed by atoms with E-state index in [1.165, 1.54) is 0 Å². The van der Waals surface area contributed by atoms with Crippen molar-refractivity contribution < 1.29 is 5.11 Å². The van der Waals surface area contributed by atoms with E-state index in [1.54, 1.807) is 11.8 Å². The summed E-state index contributed by atoms with van der Waals surface area (Å²) in [4.78, 5) is 1.15. The molecule has 0 amide bonds. The van der Waals surface area contributed by atoms with E-state index in [4.69, 9.17) is 10.8 Å². The summed E-state index contributed by atoms with van der Waals surface area (Å²) in [5.74, 6) is 0. The van der Waals surface area contributed by atoms with Crippen molar-refractivity contribution in [1.29, 1.82) is 0 Å². The second kappa shape index (κ2) is 5.75. The zero-order valence-corrected chi connectivity index (χ0v) is 10.4. The molecule has 1 aromatic carbocycles. The Morgan fingerprint density at radius 2 is 2.29 bits per heavy atom. The predicted molar refractivity (Wildman–Crippen MR) is 64.4 cm³/mol. The standard InChI is InChI=1S/C10H14BrNOS/c1-7(6-13)14-10-3-2-9(11)4-8(10)5-12/h2-4,7,13H,5-6,12H2,1H3. The average Bonchev–Trinajstić information content (AvgIpc) is 2.20. The van der Waals surface area contributed by atoms with E-state index in [2.05, 4.69) is 15.9 Å². The summed E-state index contributed by atoms with van der Waals surface area (Å²) in [6, 6.07) is 6.04. The second-order valence-electron chi connectivity index (χ2n) is 3.07. The molecule has 0 saturated carbocycles. The SMILES string of the molecule is CC(CO)Sc1ccc(Br)cc1CN. The number of thioether (sulfide) groups is 1. The first-order valence-electron chi connectivity index (χ1n) is 4.43. The van der Waals surface area contributed by atoms with Gasteiger partial charge in [0.05, 0.1) is 6.61 Å². The molecule has 0 radical (unpaired) electrons. The number of aliphatic hydroxyl groups excluding tert-OH is 1. The van der Waals surface area contributed by atoms with Crippen LogP contribution in [0.5, 0.6) is 0 Å². The number of benzene rings is 1. The molecule has 1 atom stereocenters. The van der Waals surface area contributed by atoms with E-state index in [-0.39, 0.29) is 11.9 Å². The van der Waals surface area contributed by atoms with Crippen LogP contribution in [0.1, 0.15) is 12.5 Å². The highest BCUT2D eigenvalue weighted by Gasteiger charge is 2.07. The molecule has 0 spiro atoms. The van der Waals surface area contributed by atoms with Gasteiger partial charge in [-0.05, 0) is 23.8 Å². The van der Waals surface area contributed by atoms with E-state index in [9.17, 15) is 0 Å². The summed E-state index contributed by atoms with van der Waals surface area (Å²) in [6.45, 7) is 2.71. The van der Waals surface area contributed by atoms with Crippen LogP contribution >= 0.6 is 27.7 Å². The molecule has 1 unspecified atom stereocenters. The van der Waals surface area contributed by atoms with Crippen LogP contribution in [-0.4, -0.2) is 17.0 Å². The maximum atomic E-state index is 8.95. The zero-order chi connectivity index (χ0) is 10.6. The van der Waals surface area contributed by atoms with Crippen LogP contribution in [0.4, 0.5) is 0 Å². The quantitative estimate of drug-likeness (QED) is 0.830. The van der Waals surface area contributed by atoms with Crippen LogP contribution < -0.4 is 5.73 Å². The fraction of sp³-hybridized carbons (Fsp3) is 0.400. The Hall–Kier alpha value is -0.0300. The molecule has 3 N–H and O–H groups in total. The Balaban J connectivity index is 2.85. The van der Waals surface area contributed by atoms with E-state index < -0.39 is 0 Å². The van der Waals surface area contributed by atoms with Crippen molar-refractivity contribution in [2.75, 3.05) is 6.61 Å². The average molecular weight is 276 g/mol. The number of hydrogen-bond acceptors (Lipinski definition) is 3. The van der Waals surface area contributed by atoms with Crippen LogP contribution in [0.2, 0.25) is 0 Å². The van der Waals surface area contributed by atoms with Gasteiger partial charge >= 0.3 is 0 Å². The van der Waals surface area contributed by atoms with Gasteiger partial charge in [-0.3, -0.25) is 0 Å². The van der Waals surface area contributed by atoms with Gasteiger partial charge in [0.2, 0.25) is 0 Å². The normalized spacial score (nSPS) is 12.9. The fourth-order valence-corrected chi connectivity index (χ4v) is 2.43. The van der Waals surface area contributed by atoms with Crippen LogP contribution in [0.3, 0.4) is 0 Å². The number of halogens is 1. The molecule has 4 heteroatoms. The second-order valence-corrected chi connectivity index (χ2v) is 5.46. The molecule has 2 nitrogen and oxygen atoms in total. The van der Waals surface area contributed by atoms with Crippen LogP contribution in [0, 0.1) is 0 Å². The summed E-state index contributed by atoms with van der Waals surface area (Å²) in [7, 11) is 0. The van der Waals surface area contributed by atoms with Crippen molar-refractivity contribution in [2.24, 2.45) is 5.73 Å². The minimum Gasteiger partial charge on any atom is -0.395 e. The Labute approximate surface area is 97.0 Å². The summed E-state index contributed by atoms with van der Waals surface area (Å²) in [5.41, 5.74) is 6.76. The molecule has 0 aliphatic rings. The number of rotatable bonds is 4. The largest absolute Gasteiger partial charge is 0.395 e. The van der Waals surface area contributed by atoms with Gasteiger partial charge in [-0.15, -0.1) is 11.8 Å². The van der Waals surface area contributed by atoms with E-state index in [1.807, 2.05) is 25.1 Å². The molecular weight excluding hydrogens is 262 g/mol. The Kier molecular flexibility index (Phi) is 4.95. The van der Waals surface area contributed by atoms with Crippen molar-refractivity contribution in [2.45, 2.75) is 23.6 Å². The first-order chi connectivity index (χ1) is 6.67. The molecule has 0 aromatic heterocycles. The highest BCUT2D eigenvalue weighted by Crippen LogP contribution is 2.28. The van der Waals surface area contributed by atoms with Gasteiger partial charge in [0, 0.05) is 21.2 Å². The van der Waals surface area contributed by atoms with Gasteiger partial charge in [-0.25, -0.2) is 0 Å². The topological polar surface area (TPSA) is 46.2 Å². The van der Waals surface area contributed by atoms with Crippen molar-refractivity contribution in [3.05, 3.63) is 28.2 Å². The molecule has 0 bridgehead atoms. The predicted octanol–water partition coefficient (Wildman–Crippen LogP) is 2.38. The fourth-order valence-electron chi connectivity index (χ4n) is 1.08. The van der Waals surface area contributed by atoms with Gasteiger partial charge in [-0.2, -0.15) is 0 Å².